The van der Waals surface area contributed by atoms with Crippen LogP contribution in [0.1, 0.15) is 54.6 Å². The first-order valence-corrected chi connectivity index (χ1v) is 12.1. The van der Waals surface area contributed by atoms with Gasteiger partial charge in [0.25, 0.3) is 5.91 Å². The summed E-state index contributed by atoms with van der Waals surface area (Å²) in [7, 11) is -3.74. The number of sulfonamides is 1. The van der Waals surface area contributed by atoms with Gasteiger partial charge in [0, 0.05) is 18.2 Å². The average molecular weight is 430 g/mol. The molecule has 0 radical (unpaired) electrons. The summed E-state index contributed by atoms with van der Waals surface area (Å²) < 4.78 is 28.2. The third-order valence-corrected chi connectivity index (χ3v) is 6.96. The standard InChI is InChI=1S/C23H31N3O3S/c1-19(20-10-4-2-5-11-20)25-30(28,29)22-13-8-12-21(18-22)23(27)24-14-9-17-26-15-6-3-7-16-26/h2,4-5,8,10-13,18-19,25H,3,6-7,9,14-17H2,1H3,(H,24,27). The first kappa shape index (κ1) is 22.5. The van der Waals surface area contributed by atoms with Crippen LogP contribution in [0.4, 0.5) is 0 Å². The highest BCUT2D eigenvalue weighted by molar-refractivity contribution is 7.89. The van der Waals surface area contributed by atoms with E-state index in [1.54, 1.807) is 19.1 Å². The van der Waals surface area contributed by atoms with Crippen LogP contribution in [0, 0.1) is 0 Å². The lowest BCUT2D eigenvalue weighted by Crippen LogP contribution is -2.33. The third kappa shape index (κ3) is 6.39. The highest BCUT2D eigenvalue weighted by Gasteiger charge is 2.19. The molecule has 1 aliphatic heterocycles. The highest BCUT2D eigenvalue weighted by Crippen LogP contribution is 2.18. The first-order chi connectivity index (χ1) is 14.5. The predicted octanol–water partition coefficient (Wildman–Crippen LogP) is 3.33. The number of nitrogens with zero attached hydrogens (tertiary/aromatic N) is 1. The fourth-order valence-corrected chi connectivity index (χ4v) is 4.98. The molecule has 3 rings (SSSR count). The molecule has 0 aromatic heterocycles. The number of benzene rings is 2. The molecule has 1 aliphatic rings. The molecule has 162 valence electrons. The summed E-state index contributed by atoms with van der Waals surface area (Å²) in [5, 5.41) is 2.90. The molecule has 0 bridgehead atoms. The van der Waals surface area contributed by atoms with Crippen LogP contribution in [0.2, 0.25) is 0 Å². The number of hydrogen-bond acceptors (Lipinski definition) is 4. The van der Waals surface area contributed by atoms with Crippen LogP contribution < -0.4 is 10.0 Å². The summed E-state index contributed by atoms with van der Waals surface area (Å²) in [4.78, 5) is 15.0. The van der Waals surface area contributed by atoms with E-state index in [9.17, 15) is 13.2 Å². The van der Waals surface area contributed by atoms with Crippen LogP contribution in [0.15, 0.2) is 59.5 Å². The number of likely N-dealkylation sites (tertiary alicyclic amines) is 1. The summed E-state index contributed by atoms with van der Waals surface area (Å²) >= 11 is 0. The maximum Gasteiger partial charge on any atom is 0.251 e. The molecule has 1 amide bonds. The highest BCUT2D eigenvalue weighted by atomic mass is 32.2. The van der Waals surface area contributed by atoms with Crippen LogP contribution >= 0.6 is 0 Å². The maximum absolute atomic E-state index is 12.8. The average Bonchev–Trinajstić information content (AvgIpc) is 2.77. The van der Waals surface area contributed by atoms with Gasteiger partial charge in [-0.2, -0.15) is 0 Å². The van der Waals surface area contributed by atoms with Gasteiger partial charge in [0.1, 0.15) is 0 Å². The molecule has 2 aromatic carbocycles. The minimum Gasteiger partial charge on any atom is -0.352 e. The van der Waals surface area contributed by atoms with Crippen molar-refractivity contribution in [2.24, 2.45) is 0 Å². The van der Waals surface area contributed by atoms with Crippen LogP contribution in [-0.4, -0.2) is 45.4 Å². The Hall–Kier alpha value is -2.22. The number of nitrogens with one attached hydrogen (secondary N) is 2. The number of carbonyl (C=O) groups excluding carboxylic acids is 1. The summed E-state index contributed by atoms with van der Waals surface area (Å²) in [5.74, 6) is -0.248. The molecule has 2 N–H and O–H groups in total. The lowest BCUT2D eigenvalue weighted by atomic mass is 10.1. The van der Waals surface area contributed by atoms with Crippen molar-refractivity contribution in [3.63, 3.8) is 0 Å². The molecular weight excluding hydrogens is 398 g/mol. The fraction of sp³-hybridized carbons (Fsp3) is 0.435. The summed E-state index contributed by atoms with van der Waals surface area (Å²) in [6, 6.07) is 15.2. The minimum absolute atomic E-state index is 0.0891. The monoisotopic (exact) mass is 429 g/mol. The lowest BCUT2D eigenvalue weighted by Gasteiger charge is -2.26. The van der Waals surface area contributed by atoms with Crippen LogP contribution in [0.25, 0.3) is 0 Å². The Labute approximate surface area is 179 Å². The number of rotatable bonds is 9. The molecule has 2 aromatic rings. The van der Waals surface area contributed by atoms with E-state index in [1.165, 1.54) is 31.4 Å². The Kier molecular flexibility index (Phi) is 8.01. The second kappa shape index (κ2) is 10.7. The van der Waals surface area contributed by atoms with Crippen molar-refractivity contribution in [3.8, 4) is 0 Å². The van der Waals surface area contributed by atoms with Crippen molar-refractivity contribution >= 4 is 15.9 Å². The Morgan fingerprint density at radius 1 is 1.03 bits per heavy atom. The minimum atomic E-state index is -3.74. The van der Waals surface area contributed by atoms with Crippen molar-refractivity contribution < 1.29 is 13.2 Å². The largest absolute Gasteiger partial charge is 0.352 e. The van der Waals surface area contributed by atoms with Gasteiger partial charge in [0.2, 0.25) is 10.0 Å². The van der Waals surface area contributed by atoms with Crippen LogP contribution in [0.5, 0.6) is 0 Å². The number of hydrogen-bond donors (Lipinski definition) is 2. The van der Waals surface area contributed by atoms with E-state index < -0.39 is 10.0 Å². The molecule has 1 unspecified atom stereocenters. The second-order valence-electron chi connectivity index (χ2n) is 7.79. The molecule has 0 spiro atoms. The lowest BCUT2D eigenvalue weighted by molar-refractivity contribution is 0.0951. The normalized spacial score (nSPS) is 16.2. The zero-order valence-electron chi connectivity index (χ0n) is 17.5. The SMILES string of the molecule is CC(NS(=O)(=O)c1cccc(C(=O)NCCCN2CCCCC2)c1)c1ccccc1. The van der Waals surface area contributed by atoms with Gasteiger partial charge in [0.05, 0.1) is 4.90 Å². The van der Waals surface area contributed by atoms with E-state index >= 15 is 0 Å². The fourth-order valence-electron chi connectivity index (χ4n) is 3.70. The zero-order valence-corrected chi connectivity index (χ0v) is 18.3. The van der Waals surface area contributed by atoms with E-state index in [0.29, 0.717) is 12.1 Å². The van der Waals surface area contributed by atoms with Gasteiger partial charge in [-0.3, -0.25) is 4.79 Å². The Balaban J connectivity index is 1.55. The molecule has 1 heterocycles. The van der Waals surface area contributed by atoms with E-state index in [0.717, 1.165) is 31.6 Å². The van der Waals surface area contributed by atoms with Crippen molar-refractivity contribution in [1.29, 1.82) is 0 Å². The smallest absolute Gasteiger partial charge is 0.251 e. The Morgan fingerprint density at radius 2 is 1.77 bits per heavy atom. The van der Waals surface area contributed by atoms with Crippen LogP contribution in [0.3, 0.4) is 0 Å². The van der Waals surface area contributed by atoms with Gasteiger partial charge in [-0.15, -0.1) is 0 Å². The molecule has 6 nitrogen and oxygen atoms in total. The van der Waals surface area contributed by atoms with E-state index in [1.807, 2.05) is 30.3 Å². The molecule has 1 fully saturated rings. The number of piperidine rings is 1. The van der Waals surface area contributed by atoms with Crippen molar-refractivity contribution in [1.82, 2.24) is 14.9 Å². The van der Waals surface area contributed by atoms with E-state index in [4.69, 9.17) is 0 Å². The Bertz CT molecular complexity index is 926. The van der Waals surface area contributed by atoms with Crippen molar-refractivity contribution in [2.45, 2.75) is 43.5 Å². The molecule has 1 saturated heterocycles. The molecule has 1 atom stereocenters. The topological polar surface area (TPSA) is 78.5 Å². The van der Waals surface area contributed by atoms with Crippen molar-refractivity contribution in [2.75, 3.05) is 26.2 Å². The molecule has 7 heteroatoms. The summed E-state index contributed by atoms with van der Waals surface area (Å²) in [6.07, 6.45) is 4.71. The third-order valence-electron chi connectivity index (χ3n) is 5.42. The van der Waals surface area contributed by atoms with Gasteiger partial charge >= 0.3 is 0 Å². The molecule has 30 heavy (non-hydrogen) atoms. The number of amides is 1. The molecule has 0 aliphatic carbocycles. The summed E-state index contributed by atoms with van der Waals surface area (Å²) in [6.45, 7) is 5.64. The first-order valence-electron chi connectivity index (χ1n) is 10.6. The number of carbonyl (C=O) groups is 1. The zero-order chi connectivity index (χ0) is 21.4. The van der Waals surface area contributed by atoms with Gasteiger partial charge in [-0.05, 0) is 69.6 Å². The van der Waals surface area contributed by atoms with Gasteiger partial charge in [-0.25, -0.2) is 13.1 Å². The second-order valence-corrected chi connectivity index (χ2v) is 9.51. The Morgan fingerprint density at radius 3 is 2.50 bits per heavy atom. The quantitative estimate of drug-likeness (QED) is 0.600. The van der Waals surface area contributed by atoms with Gasteiger partial charge in [-0.1, -0.05) is 42.8 Å². The maximum atomic E-state index is 12.8. The van der Waals surface area contributed by atoms with Gasteiger partial charge < -0.3 is 10.2 Å². The van der Waals surface area contributed by atoms with E-state index in [-0.39, 0.29) is 16.8 Å². The van der Waals surface area contributed by atoms with Crippen LogP contribution in [-0.2, 0) is 10.0 Å². The van der Waals surface area contributed by atoms with E-state index in [2.05, 4.69) is 14.9 Å². The summed E-state index contributed by atoms with van der Waals surface area (Å²) in [5.41, 5.74) is 1.23. The predicted molar refractivity (Wildman–Crippen MR) is 119 cm³/mol. The van der Waals surface area contributed by atoms with Gasteiger partial charge in [0.15, 0.2) is 0 Å². The van der Waals surface area contributed by atoms with Crippen molar-refractivity contribution in [3.05, 3.63) is 65.7 Å². The molecule has 0 saturated carbocycles. The molecular formula is C23H31N3O3S.